The molecule has 2 aromatic rings. The summed E-state index contributed by atoms with van der Waals surface area (Å²) in [7, 11) is 0. The van der Waals surface area contributed by atoms with Gasteiger partial charge in [0, 0.05) is 28.3 Å². The summed E-state index contributed by atoms with van der Waals surface area (Å²) in [6, 6.07) is 13.8. The molecule has 0 bridgehead atoms. The van der Waals surface area contributed by atoms with Gasteiger partial charge in [-0.2, -0.15) is 0 Å². The monoisotopic (exact) mass is 643 g/mol. The van der Waals surface area contributed by atoms with Gasteiger partial charge in [0.15, 0.2) is 5.17 Å². The molecule has 11 heteroatoms. The third-order valence-electron chi connectivity index (χ3n) is 9.16. The van der Waals surface area contributed by atoms with Gasteiger partial charge < -0.3 is 20.4 Å². The van der Waals surface area contributed by atoms with Gasteiger partial charge in [-0.1, -0.05) is 61.3 Å². The molecule has 2 aromatic carbocycles. The minimum absolute atomic E-state index is 0.0162. The quantitative estimate of drug-likeness (QED) is 0.424. The normalized spacial score (nSPS) is 30.5. The number of hydrogen-bond donors (Lipinski definition) is 1. The van der Waals surface area contributed by atoms with Crippen molar-refractivity contribution in [3.05, 3.63) is 80.3 Å². The van der Waals surface area contributed by atoms with Crippen molar-refractivity contribution in [1.82, 2.24) is 14.7 Å². The van der Waals surface area contributed by atoms with Gasteiger partial charge in [-0.05, 0) is 79.8 Å². The van der Waals surface area contributed by atoms with Gasteiger partial charge in [-0.15, -0.1) is 0 Å². The second-order valence-corrected chi connectivity index (χ2v) is 14.3. The van der Waals surface area contributed by atoms with Crippen molar-refractivity contribution in [2.75, 3.05) is 13.1 Å². The van der Waals surface area contributed by atoms with E-state index in [-0.39, 0.29) is 42.9 Å². The Kier molecular flexibility index (Phi) is 8.07. The van der Waals surface area contributed by atoms with Crippen molar-refractivity contribution >= 4 is 51.9 Å². The third-order valence-corrected chi connectivity index (χ3v) is 10.7. The predicted octanol–water partition coefficient (Wildman–Crippen LogP) is 6.12. The van der Waals surface area contributed by atoms with E-state index in [0.29, 0.717) is 27.8 Å². The molecule has 43 heavy (non-hydrogen) atoms. The number of alkyl halides is 1. The molecule has 7 nitrogen and oxygen atoms in total. The van der Waals surface area contributed by atoms with Crippen LogP contribution in [0.5, 0.6) is 0 Å². The summed E-state index contributed by atoms with van der Waals surface area (Å²) in [5, 5.41) is 2.03. The van der Waals surface area contributed by atoms with E-state index >= 15 is 0 Å². The SMILES string of the molecule is CC(C)C1=C(C(=O)N2[C@H](C)CC[C@@H]2C(=O)N2C[C@@H](N)[C@H](F)C2)SC2=N[C@@](C)(c3ccc(Cl)cc3)[C@@H](c3ccc(Cl)cc3)N21. The van der Waals surface area contributed by atoms with Crippen LogP contribution in [0.4, 0.5) is 4.39 Å². The standard InChI is InChI=1S/C32H36Cl2FN5O2S/c1-17(2)26-27(30(42)39-18(3)5-14-25(39)29(41)38-15-23(35)24(36)16-38)43-31-37-32(4,20-8-12-22(34)13-9-20)28(40(26)31)19-6-10-21(33)11-7-19/h6-13,17-18,23-25,28H,5,14-16,36H2,1-4H3/t18-,23-,24-,25-,28-,32+/m1/s1. The smallest absolute Gasteiger partial charge is 0.263 e. The van der Waals surface area contributed by atoms with E-state index in [9.17, 15) is 14.0 Å². The first-order chi connectivity index (χ1) is 20.4. The summed E-state index contributed by atoms with van der Waals surface area (Å²) >= 11 is 13.9. The van der Waals surface area contributed by atoms with Gasteiger partial charge in [-0.3, -0.25) is 9.59 Å². The van der Waals surface area contributed by atoms with Crippen molar-refractivity contribution in [1.29, 1.82) is 0 Å². The third kappa shape index (κ3) is 5.16. The molecule has 228 valence electrons. The Morgan fingerprint density at radius 1 is 1.05 bits per heavy atom. The fourth-order valence-electron chi connectivity index (χ4n) is 6.93. The van der Waals surface area contributed by atoms with E-state index < -0.39 is 23.8 Å². The molecule has 0 radical (unpaired) electrons. The van der Waals surface area contributed by atoms with Crippen molar-refractivity contribution in [2.45, 2.75) is 76.4 Å². The second-order valence-electron chi connectivity index (χ2n) is 12.4. The van der Waals surface area contributed by atoms with E-state index in [1.807, 2.05) is 55.5 Å². The van der Waals surface area contributed by atoms with Gasteiger partial charge in [-0.25, -0.2) is 9.38 Å². The zero-order valence-corrected chi connectivity index (χ0v) is 27.0. The number of aliphatic imine (C=N–C) groups is 1. The molecule has 0 aromatic heterocycles. The molecule has 0 saturated carbocycles. The molecule has 2 amide bonds. The Morgan fingerprint density at radius 3 is 2.26 bits per heavy atom. The van der Waals surface area contributed by atoms with Crippen LogP contribution >= 0.6 is 35.0 Å². The lowest BCUT2D eigenvalue weighted by Gasteiger charge is -2.37. The van der Waals surface area contributed by atoms with Crippen LogP contribution in [-0.4, -0.2) is 69.1 Å². The minimum atomic E-state index is -1.25. The Morgan fingerprint density at radius 2 is 1.67 bits per heavy atom. The molecule has 6 rings (SSSR count). The first kappa shape index (κ1) is 30.4. The average molecular weight is 645 g/mol. The second kappa shape index (κ2) is 11.4. The maximum Gasteiger partial charge on any atom is 0.263 e. The van der Waals surface area contributed by atoms with E-state index in [1.54, 1.807) is 4.90 Å². The highest BCUT2D eigenvalue weighted by atomic mass is 35.5. The molecule has 0 unspecified atom stereocenters. The van der Waals surface area contributed by atoms with Crippen molar-refractivity contribution in [3.8, 4) is 0 Å². The summed E-state index contributed by atoms with van der Waals surface area (Å²) < 4.78 is 14.2. The minimum Gasteiger partial charge on any atom is -0.336 e. The van der Waals surface area contributed by atoms with Crippen molar-refractivity contribution < 1.29 is 14.0 Å². The molecular formula is C32H36Cl2FN5O2S. The number of nitrogens with zero attached hydrogens (tertiary/aromatic N) is 4. The molecular weight excluding hydrogens is 608 g/mol. The number of amidine groups is 1. The fraction of sp³-hybridized carbons (Fsp3) is 0.469. The highest BCUT2D eigenvalue weighted by Crippen LogP contribution is 2.56. The number of halogens is 3. The number of benzene rings is 2. The molecule has 4 heterocycles. The Bertz CT molecular complexity index is 1490. The topological polar surface area (TPSA) is 82.2 Å². The lowest BCUT2D eigenvalue weighted by Crippen LogP contribution is -2.50. The number of thioether (sulfide) groups is 1. The molecule has 2 saturated heterocycles. The van der Waals surface area contributed by atoms with E-state index in [4.69, 9.17) is 33.9 Å². The predicted molar refractivity (Wildman–Crippen MR) is 171 cm³/mol. The Labute approximate surface area is 266 Å². The molecule has 6 atom stereocenters. The van der Waals surface area contributed by atoms with Crippen LogP contribution in [0.2, 0.25) is 10.0 Å². The molecule has 0 aliphatic carbocycles. The number of carbonyl (C=O) groups excluding carboxylic acids is 2. The van der Waals surface area contributed by atoms with Gasteiger partial charge in [0.05, 0.1) is 18.6 Å². The number of amides is 2. The lowest BCUT2D eigenvalue weighted by molar-refractivity contribution is -0.142. The number of carbonyl (C=O) groups is 2. The van der Waals surface area contributed by atoms with Crippen LogP contribution < -0.4 is 5.73 Å². The zero-order chi connectivity index (χ0) is 30.8. The van der Waals surface area contributed by atoms with Crippen molar-refractivity contribution in [2.24, 2.45) is 16.6 Å². The number of allylic oxidation sites excluding steroid dienone is 1. The highest BCUT2D eigenvalue weighted by Gasteiger charge is 2.54. The Hall–Kier alpha value is -2.59. The molecule has 4 aliphatic rings. The van der Waals surface area contributed by atoms with Crippen LogP contribution in [0, 0.1) is 5.92 Å². The van der Waals surface area contributed by atoms with Crippen molar-refractivity contribution in [3.63, 3.8) is 0 Å². The number of nitrogens with two attached hydrogens (primary N) is 1. The highest BCUT2D eigenvalue weighted by molar-refractivity contribution is 8.18. The summed E-state index contributed by atoms with van der Waals surface area (Å²) in [4.78, 5) is 39.3. The molecule has 2 N–H and O–H groups in total. The zero-order valence-electron chi connectivity index (χ0n) is 24.6. The first-order valence-electron chi connectivity index (χ1n) is 14.7. The van der Waals surface area contributed by atoms with Crippen LogP contribution in [0.3, 0.4) is 0 Å². The fourth-order valence-corrected chi connectivity index (χ4v) is 8.53. The van der Waals surface area contributed by atoms with E-state index in [1.165, 1.54) is 16.7 Å². The average Bonchev–Trinajstić information content (AvgIpc) is 3.70. The molecule has 2 fully saturated rings. The van der Waals surface area contributed by atoms with E-state index in [2.05, 4.69) is 25.7 Å². The van der Waals surface area contributed by atoms with Gasteiger partial charge in [0.2, 0.25) is 5.91 Å². The van der Waals surface area contributed by atoms with Crippen LogP contribution in [0.15, 0.2) is 64.1 Å². The summed E-state index contributed by atoms with van der Waals surface area (Å²) in [5.41, 5.74) is 8.10. The lowest BCUT2D eigenvalue weighted by atomic mass is 9.81. The first-order valence-corrected chi connectivity index (χ1v) is 16.3. The van der Waals surface area contributed by atoms with Crippen LogP contribution in [-0.2, 0) is 15.1 Å². The summed E-state index contributed by atoms with van der Waals surface area (Å²) in [6.07, 6.45) is -0.0174. The number of likely N-dealkylation sites (tertiary alicyclic amines) is 2. The largest absolute Gasteiger partial charge is 0.336 e. The number of fused-ring (bicyclic) bond motifs is 1. The number of hydrogen-bond acceptors (Lipinski definition) is 6. The maximum atomic E-state index is 14.5. The van der Waals surface area contributed by atoms with Gasteiger partial charge >= 0.3 is 0 Å². The maximum absolute atomic E-state index is 14.5. The number of rotatable bonds is 5. The van der Waals surface area contributed by atoms with Gasteiger partial charge in [0.25, 0.3) is 5.91 Å². The van der Waals surface area contributed by atoms with Crippen LogP contribution in [0.1, 0.15) is 57.7 Å². The van der Waals surface area contributed by atoms with Gasteiger partial charge in [0.1, 0.15) is 22.7 Å². The molecule has 0 spiro atoms. The Balaban J connectivity index is 1.40. The summed E-state index contributed by atoms with van der Waals surface area (Å²) in [6.45, 7) is 8.37. The summed E-state index contributed by atoms with van der Waals surface area (Å²) in [5.74, 6) is -0.426. The molecule has 4 aliphatic heterocycles. The van der Waals surface area contributed by atoms with E-state index in [0.717, 1.165) is 22.0 Å². The van der Waals surface area contributed by atoms with Crippen LogP contribution in [0.25, 0.3) is 0 Å².